The van der Waals surface area contributed by atoms with E-state index < -0.39 is 12.0 Å². The highest BCUT2D eigenvalue weighted by Crippen LogP contribution is 2.29. The highest BCUT2D eigenvalue weighted by molar-refractivity contribution is 5.89. The number of nitriles is 1. The van der Waals surface area contributed by atoms with Gasteiger partial charge in [0.05, 0.1) is 30.2 Å². The van der Waals surface area contributed by atoms with Crippen LogP contribution in [0.25, 0.3) is 22.3 Å². The second kappa shape index (κ2) is 12.6. The number of alkyl halides is 3. The maximum absolute atomic E-state index is 13.3. The Kier molecular flexibility index (Phi) is 8.75. The SMILES string of the molecule is N#CCCC[C@@H](Cn1cc(-c2ncnc3[nH]ccc23)cn1)N1CCC(Oc2cc(CCO)nc(C(F)(F)F)n2)CC1. The molecule has 1 aliphatic heterocycles. The number of hydrogen-bond donors (Lipinski definition) is 2. The minimum atomic E-state index is -4.71. The van der Waals surface area contributed by atoms with Crippen LogP contribution < -0.4 is 4.74 Å². The Morgan fingerprint density at radius 1 is 1.22 bits per heavy atom. The van der Waals surface area contributed by atoms with E-state index >= 15 is 0 Å². The Balaban J connectivity index is 1.24. The standard InChI is InChI=1S/C27H30F3N9O2/c28-27(29,30)26-36-19(7-12-40)13-23(37-26)41-21-5-10-38(11-6-21)20(3-1-2-8-31)16-39-15-18(14-35-39)24-22-4-9-32-25(22)34-17-33-24/h4,9,13-15,17,20-21,40H,1-3,5-7,10-12,16H2,(H,32,33,34)/t20-/m0/s1. The number of piperidine rings is 1. The van der Waals surface area contributed by atoms with E-state index in [1.807, 2.05) is 23.1 Å². The first-order chi connectivity index (χ1) is 19.8. The molecule has 14 heteroatoms. The number of ether oxygens (including phenoxy) is 1. The molecule has 5 heterocycles. The van der Waals surface area contributed by atoms with Crippen LogP contribution in [-0.2, 0) is 19.1 Å². The molecule has 216 valence electrons. The summed E-state index contributed by atoms with van der Waals surface area (Å²) in [6.45, 7) is 1.63. The quantitative estimate of drug-likeness (QED) is 0.258. The number of aromatic amines is 1. The van der Waals surface area contributed by atoms with E-state index in [9.17, 15) is 13.2 Å². The van der Waals surface area contributed by atoms with Gasteiger partial charge in [0, 0.05) is 68.0 Å². The third-order valence-corrected chi connectivity index (χ3v) is 7.14. The molecule has 11 nitrogen and oxygen atoms in total. The summed E-state index contributed by atoms with van der Waals surface area (Å²) < 4.78 is 47.6. The Bertz CT molecular complexity index is 1490. The molecular weight excluding hydrogens is 539 g/mol. The summed E-state index contributed by atoms with van der Waals surface area (Å²) >= 11 is 0. The number of likely N-dealkylation sites (tertiary alicyclic amines) is 1. The zero-order valence-electron chi connectivity index (χ0n) is 22.3. The van der Waals surface area contributed by atoms with Crippen molar-refractivity contribution in [2.75, 3.05) is 19.7 Å². The van der Waals surface area contributed by atoms with Crippen LogP contribution in [0.15, 0.2) is 37.1 Å². The monoisotopic (exact) mass is 569 g/mol. The molecule has 4 aromatic rings. The van der Waals surface area contributed by atoms with E-state index in [4.69, 9.17) is 15.1 Å². The molecule has 1 fully saturated rings. The second-order valence-electron chi connectivity index (χ2n) is 9.96. The molecular formula is C27H30F3N9O2. The maximum Gasteiger partial charge on any atom is 0.451 e. The van der Waals surface area contributed by atoms with Crippen molar-refractivity contribution in [3.63, 3.8) is 0 Å². The topological polar surface area (TPSA) is 142 Å². The van der Waals surface area contributed by atoms with E-state index in [0.29, 0.717) is 38.9 Å². The summed E-state index contributed by atoms with van der Waals surface area (Å²) in [4.78, 5) is 21.2. The lowest BCUT2D eigenvalue weighted by atomic mass is 10.0. The smallest absolute Gasteiger partial charge is 0.451 e. The number of halogens is 3. The molecule has 1 atom stereocenters. The minimum Gasteiger partial charge on any atom is -0.474 e. The first-order valence-corrected chi connectivity index (χ1v) is 13.5. The van der Waals surface area contributed by atoms with E-state index in [2.05, 4.69) is 41.0 Å². The fourth-order valence-corrected chi connectivity index (χ4v) is 5.14. The summed E-state index contributed by atoms with van der Waals surface area (Å²) in [6.07, 6.45) is 5.25. The zero-order chi connectivity index (χ0) is 28.8. The first kappa shape index (κ1) is 28.4. The molecule has 0 radical (unpaired) electrons. The van der Waals surface area contributed by atoms with Crippen molar-refractivity contribution < 1.29 is 23.0 Å². The fourth-order valence-electron chi connectivity index (χ4n) is 5.14. The van der Waals surface area contributed by atoms with Gasteiger partial charge in [0.2, 0.25) is 11.7 Å². The van der Waals surface area contributed by atoms with Gasteiger partial charge < -0.3 is 14.8 Å². The number of rotatable bonds is 11. The molecule has 5 rings (SSSR count). The molecule has 0 aromatic carbocycles. The fraction of sp³-hybridized carbons (Fsp3) is 0.481. The van der Waals surface area contributed by atoms with Crippen molar-refractivity contribution in [3.05, 3.63) is 48.6 Å². The molecule has 41 heavy (non-hydrogen) atoms. The predicted octanol–water partition coefficient (Wildman–Crippen LogP) is 3.77. The number of nitrogens with one attached hydrogen (secondary N) is 1. The van der Waals surface area contributed by atoms with Crippen LogP contribution in [0.3, 0.4) is 0 Å². The minimum absolute atomic E-state index is 0.0206. The van der Waals surface area contributed by atoms with Gasteiger partial charge in [0.15, 0.2) is 0 Å². The first-order valence-electron chi connectivity index (χ1n) is 13.5. The van der Waals surface area contributed by atoms with Crippen molar-refractivity contribution in [1.82, 2.24) is 39.6 Å². The third kappa shape index (κ3) is 6.98. The van der Waals surface area contributed by atoms with Gasteiger partial charge >= 0.3 is 6.18 Å². The average molecular weight is 570 g/mol. The molecule has 0 unspecified atom stereocenters. The summed E-state index contributed by atoms with van der Waals surface area (Å²) in [6, 6.07) is 5.61. The summed E-state index contributed by atoms with van der Waals surface area (Å²) in [5, 5.41) is 23.7. The molecule has 0 saturated carbocycles. The summed E-state index contributed by atoms with van der Waals surface area (Å²) in [7, 11) is 0. The van der Waals surface area contributed by atoms with Gasteiger partial charge in [0.25, 0.3) is 0 Å². The Morgan fingerprint density at radius 2 is 2.05 bits per heavy atom. The van der Waals surface area contributed by atoms with E-state index in [0.717, 1.165) is 35.1 Å². The Hall–Kier alpha value is -4.09. The van der Waals surface area contributed by atoms with Gasteiger partial charge in [0.1, 0.15) is 18.1 Å². The van der Waals surface area contributed by atoms with Crippen LogP contribution >= 0.6 is 0 Å². The Morgan fingerprint density at radius 3 is 2.80 bits per heavy atom. The average Bonchev–Trinajstić information content (AvgIpc) is 3.62. The maximum atomic E-state index is 13.3. The lowest BCUT2D eigenvalue weighted by Gasteiger charge is -2.37. The van der Waals surface area contributed by atoms with Crippen LogP contribution in [0.4, 0.5) is 13.2 Å². The lowest BCUT2D eigenvalue weighted by Crippen LogP contribution is -2.46. The third-order valence-electron chi connectivity index (χ3n) is 7.14. The molecule has 0 spiro atoms. The normalized spacial score (nSPS) is 15.7. The molecule has 0 bridgehead atoms. The number of hydrogen-bond acceptors (Lipinski definition) is 9. The number of fused-ring (bicyclic) bond motifs is 1. The molecule has 2 N–H and O–H groups in total. The second-order valence-corrected chi connectivity index (χ2v) is 9.96. The van der Waals surface area contributed by atoms with Crippen molar-refractivity contribution >= 4 is 11.0 Å². The number of aliphatic hydroxyl groups is 1. The molecule has 1 saturated heterocycles. The highest BCUT2D eigenvalue weighted by atomic mass is 19.4. The van der Waals surface area contributed by atoms with Gasteiger partial charge in [-0.25, -0.2) is 15.0 Å². The predicted molar refractivity (Wildman–Crippen MR) is 141 cm³/mol. The Labute approximate surface area is 234 Å². The van der Waals surface area contributed by atoms with Gasteiger partial charge in [-0.15, -0.1) is 0 Å². The number of nitrogens with zero attached hydrogens (tertiary/aromatic N) is 8. The van der Waals surface area contributed by atoms with E-state index in [-0.39, 0.29) is 36.7 Å². The van der Waals surface area contributed by atoms with Crippen molar-refractivity contribution in [1.29, 1.82) is 5.26 Å². The van der Waals surface area contributed by atoms with E-state index in [1.54, 1.807) is 6.20 Å². The summed E-state index contributed by atoms with van der Waals surface area (Å²) in [5.74, 6) is -1.41. The van der Waals surface area contributed by atoms with Crippen molar-refractivity contribution in [3.8, 4) is 23.2 Å². The lowest BCUT2D eigenvalue weighted by molar-refractivity contribution is -0.145. The van der Waals surface area contributed by atoms with Crippen molar-refractivity contribution in [2.45, 2.75) is 63.4 Å². The molecule has 1 aliphatic rings. The summed E-state index contributed by atoms with van der Waals surface area (Å²) in [5.41, 5.74) is 2.51. The van der Waals surface area contributed by atoms with Crippen LogP contribution in [0.1, 0.15) is 43.6 Å². The number of unbranched alkanes of at least 4 members (excludes halogenated alkanes) is 1. The largest absolute Gasteiger partial charge is 0.474 e. The molecule has 0 aliphatic carbocycles. The zero-order valence-corrected chi connectivity index (χ0v) is 22.3. The number of H-pyrrole nitrogens is 1. The van der Waals surface area contributed by atoms with Crippen LogP contribution in [0.2, 0.25) is 0 Å². The number of aromatic nitrogens is 7. The molecule has 0 amide bonds. The van der Waals surface area contributed by atoms with E-state index in [1.165, 1.54) is 12.4 Å². The van der Waals surface area contributed by atoms with Crippen molar-refractivity contribution in [2.24, 2.45) is 0 Å². The van der Waals surface area contributed by atoms with Gasteiger partial charge in [-0.2, -0.15) is 28.5 Å². The van der Waals surface area contributed by atoms with Gasteiger partial charge in [-0.3, -0.25) is 9.58 Å². The van der Waals surface area contributed by atoms with Crippen LogP contribution in [0.5, 0.6) is 5.88 Å². The molecule has 4 aromatic heterocycles. The van der Waals surface area contributed by atoms with Gasteiger partial charge in [-0.05, 0) is 31.7 Å². The van der Waals surface area contributed by atoms with Crippen LogP contribution in [-0.4, -0.2) is 76.5 Å². The van der Waals surface area contributed by atoms with Crippen LogP contribution in [0, 0.1) is 11.3 Å². The number of aliphatic hydroxyl groups excluding tert-OH is 1. The highest BCUT2D eigenvalue weighted by Gasteiger charge is 2.36. The van der Waals surface area contributed by atoms with Gasteiger partial charge in [-0.1, -0.05) is 0 Å².